The number of aliphatic carboxylic acids is 1. The topological polar surface area (TPSA) is 68.0 Å². The smallest absolute Gasteiger partial charge is 0.326 e. The van der Waals surface area contributed by atoms with E-state index in [1.54, 1.807) is 4.57 Å². The maximum atomic E-state index is 11.2. The molecule has 16 heavy (non-hydrogen) atoms. The highest BCUT2D eigenvalue weighted by Gasteiger charge is 2.23. The van der Waals surface area contributed by atoms with Crippen LogP contribution in [0.25, 0.3) is 0 Å². The first-order valence-electron chi connectivity index (χ1n) is 5.67. The lowest BCUT2D eigenvalue weighted by atomic mass is 10.0. The number of nitrogens with zero attached hydrogens (tertiary/aromatic N) is 3. The zero-order chi connectivity index (χ0) is 12.1. The van der Waals surface area contributed by atoms with Crippen molar-refractivity contribution in [2.45, 2.75) is 46.1 Å². The molecule has 0 aromatic carbocycles. The third-order valence-electron chi connectivity index (χ3n) is 2.44. The predicted molar refractivity (Wildman–Crippen MR) is 60.1 cm³/mol. The van der Waals surface area contributed by atoms with Crippen LogP contribution in [0.1, 0.15) is 45.5 Å². The fourth-order valence-electron chi connectivity index (χ4n) is 1.71. The lowest BCUT2D eigenvalue weighted by Crippen LogP contribution is -2.22. The number of aryl methyl sites for hydroxylation is 1. The molecule has 5 nitrogen and oxygen atoms in total. The van der Waals surface area contributed by atoms with Crippen molar-refractivity contribution < 1.29 is 9.90 Å². The van der Waals surface area contributed by atoms with Gasteiger partial charge in [-0.1, -0.05) is 20.8 Å². The molecule has 1 heterocycles. The van der Waals surface area contributed by atoms with Crippen LogP contribution in [0.15, 0.2) is 6.33 Å². The molecule has 1 aromatic rings. The third kappa shape index (κ3) is 3.05. The van der Waals surface area contributed by atoms with Gasteiger partial charge in [0, 0.05) is 6.42 Å². The molecule has 90 valence electrons. The molecule has 0 radical (unpaired) electrons. The van der Waals surface area contributed by atoms with Gasteiger partial charge in [-0.15, -0.1) is 10.2 Å². The van der Waals surface area contributed by atoms with Gasteiger partial charge in [-0.25, -0.2) is 4.79 Å². The van der Waals surface area contributed by atoms with Crippen molar-refractivity contribution >= 4 is 5.97 Å². The first-order chi connectivity index (χ1) is 7.56. The second-order valence-corrected chi connectivity index (χ2v) is 4.39. The summed E-state index contributed by atoms with van der Waals surface area (Å²) in [6, 6.07) is -0.545. The Kier molecular flexibility index (Phi) is 4.46. The Hall–Kier alpha value is -1.39. The molecular weight excluding hydrogens is 206 g/mol. The van der Waals surface area contributed by atoms with Crippen LogP contribution in [0.2, 0.25) is 0 Å². The van der Waals surface area contributed by atoms with Crippen molar-refractivity contribution in [3.8, 4) is 0 Å². The number of carboxylic acids is 1. The monoisotopic (exact) mass is 225 g/mol. The number of carbonyl (C=O) groups is 1. The SMILES string of the molecule is CCCc1nncn1C(CC(C)C)C(=O)O. The predicted octanol–water partition coefficient (Wildman–Crippen LogP) is 1.90. The van der Waals surface area contributed by atoms with E-state index in [4.69, 9.17) is 0 Å². The van der Waals surface area contributed by atoms with Gasteiger partial charge in [0.05, 0.1) is 0 Å². The molecule has 1 rings (SSSR count). The Bertz CT molecular complexity index is 347. The van der Waals surface area contributed by atoms with Gasteiger partial charge in [-0.3, -0.25) is 0 Å². The Morgan fingerprint density at radius 1 is 1.56 bits per heavy atom. The lowest BCUT2D eigenvalue weighted by molar-refractivity contribution is -0.141. The van der Waals surface area contributed by atoms with Gasteiger partial charge < -0.3 is 9.67 Å². The van der Waals surface area contributed by atoms with E-state index in [-0.39, 0.29) is 0 Å². The summed E-state index contributed by atoms with van der Waals surface area (Å²) in [4.78, 5) is 11.2. The quantitative estimate of drug-likeness (QED) is 0.802. The average molecular weight is 225 g/mol. The summed E-state index contributed by atoms with van der Waals surface area (Å²) < 4.78 is 1.69. The molecule has 0 amide bonds. The van der Waals surface area contributed by atoms with E-state index in [0.717, 1.165) is 18.7 Å². The van der Waals surface area contributed by atoms with Crippen molar-refractivity contribution in [3.05, 3.63) is 12.2 Å². The van der Waals surface area contributed by atoms with E-state index in [2.05, 4.69) is 10.2 Å². The summed E-state index contributed by atoms with van der Waals surface area (Å²) >= 11 is 0. The molecule has 5 heteroatoms. The molecule has 0 aliphatic rings. The molecule has 1 N–H and O–H groups in total. The van der Waals surface area contributed by atoms with Crippen molar-refractivity contribution in [2.75, 3.05) is 0 Å². The van der Waals surface area contributed by atoms with Crippen LogP contribution < -0.4 is 0 Å². The lowest BCUT2D eigenvalue weighted by Gasteiger charge is -2.17. The van der Waals surface area contributed by atoms with Crippen LogP contribution in [0.5, 0.6) is 0 Å². The third-order valence-corrected chi connectivity index (χ3v) is 2.44. The van der Waals surface area contributed by atoms with Crippen molar-refractivity contribution in [1.29, 1.82) is 0 Å². The molecule has 0 fully saturated rings. The van der Waals surface area contributed by atoms with Crippen molar-refractivity contribution in [1.82, 2.24) is 14.8 Å². The van der Waals surface area contributed by atoms with Gasteiger partial charge in [0.15, 0.2) is 0 Å². The van der Waals surface area contributed by atoms with Gasteiger partial charge in [-0.2, -0.15) is 0 Å². The highest BCUT2D eigenvalue weighted by molar-refractivity contribution is 5.71. The van der Waals surface area contributed by atoms with Crippen LogP contribution in [0.3, 0.4) is 0 Å². The molecule has 0 saturated heterocycles. The summed E-state index contributed by atoms with van der Waals surface area (Å²) in [6.45, 7) is 6.07. The average Bonchev–Trinajstić information content (AvgIpc) is 2.62. The number of aromatic nitrogens is 3. The van der Waals surface area contributed by atoms with E-state index in [9.17, 15) is 9.90 Å². The van der Waals surface area contributed by atoms with E-state index in [1.807, 2.05) is 20.8 Å². The fourth-order valence-corrected chi connectivity index (χ4v) is 1.71. The summed E-state index contributed by atoms with van der Waals surface area (Å²) in [5.41, 5.74) is 0. The van der Waals surface area contributed by atoms with Crippen LogP contribution in [0.4, 0.5) is 0 Å². The number of hydrogen-bond donors (Lipinski definition) is 1. The normalized spacial score (nSPS) is 13.0. The van der Waals surface area contributed by atoms with E-state index in [1.165, 1.54) is 6.33 Å². The molecule has 1 aromatic heterocycles. The second-order valence-electron chi connectivity index (χ2n) is 4.39. The Morgan fingerprint density at radius 3 is 2.75 bits per heavy atom. The van der Waals surface area contributed by atoms with Crippen LogP contribution in [-0.2, 0) is 11.2 Å². The fraction of sp³-hybridized carbons (Fsp3) is 0.727. The molecule has 0 spiro atoms. The largest absolute Gasteiger partial charge is 0.480 e. The Balaban J connectivity index is 2.91. The molecular formula is C11H19N3O2. The Morgan fingerprint density at radius 2 is 2.25 bits per heavy atom. The van der Waals surface area contributed by atoms with E-state index >= 15 is 0 Å². The minimum Gasteiger partial charge on any atom is -0.480 e. The van der Waals surface area contributed by atoms with E-state index in [0.29, 0.717) is 12.3 Å². The van der Waals surface area contributed by atoms with Crippen LogP contribution >= 0.6 is 0 Å². The maximum absolute atomic E-state index is 11.2. The highest BCUT2D eigenvalue weighted by atomic mass is 16.4. The molecule has 1 unspecified atom stereocenters. The number of rotatable bonds is 6. The van der Waals surface area contributed by atoms with Crippen LogP contribution in [-0.4, -0.2) is 25.8 Å². The number of carboxylic acid groups (broad SMARTS) is 1. The molecule has 1 atom stereocenters. The first kappa shape index (κ1) is 12.7. The Labute approximate surface area is 95.5 Å². The first-order valence-corrected chi connectivity index (χ1v) is 5.67. The van der Waals surface area contributed by atoms with Gasteiger partial charge in [0.2, 0.25) is 0 Å². The summed E-state index contributed by atoms with van der Waals surface area (Å²) in [6.07, 6.45) is 3.82. The second kappa shape index (κ2) is 5.63. The standard InChI is InChI=1S/C11H19N3O2/c1-4-5-10-13-12-7-14(10)9(11(15)16)6-8(2)3/h7-9H,4-6H2,1-3H3,(H,15,16). The highest BCUT2D eigenvalue weighted by Crippen LogP contribution is 2.19. The van der Waals surface area contributed by atoms with Crippen molar-refractivity contribution in [3.63, 3.8) is 0 Å². The van der Waals surface area contributed by atoms with Gasteiger partial charge in [-0.05, 0) is 18.8 Å². The molecule has 0 aliphatic heterocycles. The molecule has 0 saturated carbocycles. The summed E-state index contributed by atoms with van der Waals surface area (Å²) in [5, 5.41) is 17.0. The van der Waals surface area contributed by atoms with Gasteiger partial charge in [0.25, 0.3) is 0 Å². The van der Waals surface area contributed by atoms with Gasteiger partial charge >= 0.3 is 5.97 Å². The van der Waals surface area contributed by atoms with E-state index < -0.39 is 12.0 Å². The number of hydrogen-bond acceptors (Lipinski definition) is 3. The molecule has 0 bridgehead atoms. The van der Waals surface area contributed by atoms with Crippen molar-refractivity contribution in [2.24, 2.45) is 5.92 Å². The van der Waals surface area contributed by atoms with Gasteiger partial charge in [0.1, 0.15) is 18.2 Å². The maximum Gasteiger partial charge on any atom is 0.326 e. The zero-order valence-corrected chi connectivity index (χ0v) is 10.1. The van der Waals surface area contributed by atoms with Crippen LogP contribution in [0, 0.1) is 5.92 Å². The summed E-state index contributed by atoms with van der Waals surface area (Å²) in [5.74, 6) is 0.277. The minimum atomic E-state index is -0.814. The molecule has 0 aliphatic carbocycles. The summed E-state index contributed by atoms with van der Waals surface area (Å²) in [7, 11) is 0. The zero-order valence-electron chi connectivity index (χ0n) is 10.1. The minimum absolute atomic E-state index is 0.331.